The molecule has 0 amide bonds. The molecule has 0 atom stereocenters. The average molecular weight is 141 g/mol. The second-order valence-corrected chi connectivity index (χ2v) is 1.91. The first kappa shape index (κ1) is 9.96. The molecule has 0 nitrogen and oxygen atoms in total. The zero-order valence-electron chi connectivity index (χ0n) is 6.54. The third kappa shape index (κ3) is 3.21. The summed E-state index contributed by atoms with van der Waals surface area (Å²) in [6, 6.07) is 10.3. The van der Waals surface area contributed by atoms with E-state index in [2.05, 4.69) is 18.2 Å². The van der Waals surface area contributed by atoms with Gasteiger partial charge < -0.3 is 0 Å². The van der Waals surface area contributed by atoms with E-state index in [1.54, 1.807) is 0 Å². The van der Waals surface area contributed by atoms with Crippen LogP contribution in [0.25, 0.3) is 6.08 Å². The first-order valence-electron chi connectivity index (χ1n) is 3.11. The van der Waals surface area contributed by atoms with Gasteiger partial charge in [0.25, 0.3) is 0 Å². The Hall–Kier alpha value is -0.0400. The number of hydrogen-bond acceptors (Lipinski definition) is 0. The summed E-state index contributed by atoms with van der Waals surface area (Å²) in [7, 11) is 0. The van der Waals surface area contributed by atoms with Crippen LogP contribution in [-0.4, -0.2) is 29.6 Å². The Bertz CT molecular complexity index is 189. The Balaban J connectivity index is 0.000000810. The number of hydrogen-bond donors (Lipinski definition) is 0. The number of rotatable bonds is 1. The molecule has 1 rings (SSSR count). The molecule has 1 heteroatoms. The Morgan fingerprint density at radius 1 is 1.10 bits per heavy atom. The van der Waals surface area contributed by atoms with Gasteiger partial charge in [0.2, 0.25) is 0 Å². The van der Waals surface area contributed by atoms with Crippen molar-refractivity contribution >= 4 is 35.6 Å². The largest absolute Gasteiger partial charge is 0.0871 e. The van der Waals surface area contributed by atoms with Crippen LogP contribution in [0.4, 0.5) is 0 Å². The molecular weight excluding hydrogens is 131 g/mol. The minimum atomic E-state index is 0. The molecule has 0 fully saturated rings. The average Bonchev–Trinajstić information content (AvgIpc) is 1.91. The monoisotopic (exact) mass is 141 g/mol. The van der Waals surface area contributed by atoms with Crippen LogP contribution in [0.2, 0.25) is 0 Å². The van der Waals surface area contributed by atoms with Gasteiger partial charge in [0, 0.05) is 29.6 Å². The van der Waals surface area contributed by atoms with E-state index in [4.69, 9.17) is 0 Å². The first-order chi connectivity index (χ1) is 4.43. The Labute approximate surface area is 84.3 Å². The molecule has 0 unspecified atom stereocenters. The van der Waals surface area contributed by atoms with Crippen LogP contribution in [0.15, 0.2) is 36.4 Å². The van der Waals surface area contributed by atoms with Crippen molar-refractivity contribution in [3.8, 4) is 0 Å². The number of benzene rings is 1. The molecule has 0 aliphatic carbocycles. The van der Waals surface area contributed by atoms with Crippen LogP contribution in [0.1, 0.15) is 12.5 Å². The molecule has 1 aromatic carbocycles. The summed E-state index contributed by atoms with van der Waals surface area (Å²) < 4.78 is 0. The second kappa shape index (κ2) is 5.72. The van der Waals surface area contributed by atoms with Gasteiger partial charge in [0.1, 0.15) is 0 Å². The topological polar surface area (TPSA) is 0 Å². The van der Waals surface area contributed by atoms with E-state index in [0.717, 1.165) is 0 Å². The standard InChI is InChI=1S/C9H10.Na/c1-2-6-9-7-4-3-5-8-9;/h2-8H,1H3;. The second-order valence-electron chi connectivity index (χ2n) is 1.91. The summed E-state index contributed by atoms with van der Waals surface area (Å²) in [5.74, 6) is 0. The molecule has 0 spiro atoms. The number of allylic oxidation sites excluding steroid dienone is 1. The maximum absolute atomic E-state index is 2.08. The molecular formula is C9H10Na. The zero-order chi connectivity index (χ0) is 6.53. The predicted octanol–water partition coefficient (Wildman–Crippen LogP) is 2.34. The smallest absolute Gasteiger partial charge is 0 e. The van der Waals surface area contributed by atoms with Crippen molar-refractivity contribution in [1.29, 1.82) is 0 Å². The minimum absolute atomic E-state index is 0. The quantitative estimate of drug-likeness (QED) is 0.526. The minimum Gasteiger partial charge on any atom is -0.0871 e. The molecule has 0 aliphatic heterocycles. The van der Waals surface area contributed by atoms with Crippen LogP contribution >= 0.6 is 0 Å². The van der Waals surface area contributed by atoms with E-state index in [1.807, 2.05) is 31.2 Å². The van der Waals surface area contributed by atoms with E-state index < -0.39 is 0 Å². The third-order valence-electron chi connectivity index (χ3n) is 1.16. The molecule has 10 heavy (non-hydrogen) atoms. The third-order valence-corrected chi connectivity index (χ3v) is 1.16. The van der Waals surface area contributed by atoms with Gasteiger partial charge in [-0.05, 0) is 12.5 Å². The van der Waals surface area contributed by atoms with Gasteiger partial charge >= 0.3 is 0 Å². The van der Waals surface area contributed by atoms with E-state index in [-0.39, 0.29) is 29.6 Å². The molecule has 0 aliphatic rings. The van der Waals surface area contributed by atoms with Crippen molar-refractivity contribution in [2.75, 3.05) is 0 Å². The van der Waals surface area contributed by atoms with Crippen LogP contribution in [0.3, 0.4) is 0 Å². The SMILES string of the molecule is CC=Cc1ccccc1.[Na]. The van der Waals surface area contributed by atoms with Crippen LogP contribution in [0, 0.1) is 0 Å². The Morgan fingerprint density at radius 2 is 1.70 bits per heavy atom. The van der Waals surface area contributed by atoms with Crippen LogP contribution in [-0.2, 0) is 0 Å². The van der Waals surface area contributed by atoms with E-state index in [9.17, 15) is 0 Å². The zero-order valence-corrected chi connectivity index (χ0v) is 8.54. The van der Waals surface area contributed by atoms with Gasteiger partial charge in [-0.25, -0.2) is 0 Å². The van der Waals surface area contributed by atoms with Gasteiger partial charge in [-0.1, -0.05) is 42.5 Å². The Kier molecular flexibility index (Phi) is 5.70. The molecule has 0 saturated carbocycles. The summed E-state index contributed by atoms with van der Waals surface area (Å²) in [5.41, 5.74) is 1.26. The fourth-order valence-electron chi connectivity index (χ4n) is 0.757. The van der Waals surface area contributed by atoms with Gasteiger partial charge in [0.05, 0.1) is 0 Å². The van der Waals surface area contributed by atoms with Crippen molar-refractivity contribution in [1.82, 2.24) is 0 Å². The van der Waals surface area contributed by atoms with Gasteiger partial charge in [-0.3, -0.25) is 0 Å². The molecule has 0 saturated heterocycles. The maximum Gasteiger partial charge on any atom is 0 e. The van der Waals surface area contributed by atoms with Crippen molar-refractivity contribution in [2.45, 2.75) is 6.92 Å². The van der Waals surface area contributed by atoms with Crippen molar-refractivity contribution in [2.24, 2.45) is 0 Å². The fourth-order valence-corrected chi connectivity index (χ4v) is 0.757. The van der Waals surface area contributed by atoms with Gasteiger partial charge in [-0.15, -0.1) is 0 Å². The van der Waals surface area contributed by atoms with Crippen LogP contribution in [0.5, 0.6) is 0 Å². The summed E-state index contributed by atoms with van der Waals surface area (Å²) in [6.45, 7) is 2.02. The summed E-state index contributed by atoms with van der Waals surface area (Å²) in [6.07, 6.45) is 4.12. The summed E-state index contributed by atoms with van der Waals surface area (Å²) in [5, 5.41) is 0. The summed E-state index contributed by atoms with van der Waals surface area (Å²) >= 11 is 0. The molecule has 1 radical (unpaired) electrons. The molecule has 0 aromatic heterocycles. The normalized spacial score (nSPS) is 9.30. The van der Waals surface area contributed by atoms with Crippen molar-refractivity contribution < 1.29 is 0 Å². The molecule has 47 valence electrons. The van der Waals surface area contributed by atoms with E-state index >= 15 is 0 Å². The van der Waals surface area contributed by atoms with Crippen LogP contribution < -0.4 is 0 Å². The predicted molar refractivity (Wildman–Crippen MR) is 46.9 cm³/mol. The Morgan fingerprint density at radius 3 is 2.20 bits per heavy atom. The van der Waals surface area contributed by atoms with E-state index in [1.165, 1.54) is 5.56 Å². The van der Waals surface area contributed by atoms with Crippen molar-refractivity contribution in [3.05, 3.63) is 42.0 Å². The molecule has 0 bridgehead atoms. The van der Waals surface area contributed by atoms with Gasteiger partial charge in [0.15, 0.2) is 0 Å². The molecule has 0 N–H and O–H groups in total. The molecule has 1 aromatic rings. The van der Waals surface area contributed by atoms with Gasteiger partial charge in [-0.2, -0.15) is 0 Å². The van der Waals surface area contributed by atoms with E-state index in [0.29, 0.717) is 0 Å². The van der Waals surface area contributed by atoms with Crippen molar-refractivity contribution in [3.63, 3.8) is 0 Å². The first-order valence-corrected chi connectivity index (χ1v) is 3.11. The maximum atomic E-state index is 2.08. The fraction of sp³-hybridized carbons (Fsp3) is 0.111. The summed E-state index contributed by atoms with van der Waals surface area (Å²) in [4.78, 5) is 0. The molecule has 0 heterocycles.